The van der Waals surface area contributed by atoms with Gasteiger partial charge < -0.3 is 5.32 Å². The van der Waals surface area contributed by atoms with Crippen molar-refractivity contribution in [2.75, 3.05) is 11.9 Å². The van der Waals surface area contributed by atoms with Crippen molar-refractivity contribution in [1.29, 1.82) is 0 Å². The van der Waals surface area contributed by atoms with Crippen LogP contribution in [0, 0.1) is 17.8 Å². The average molecular weight is 299 g/mol. The van der Waals surface area contributed by atoms with Crippen molar-refractivity contribution in [3.63, 3.8) is 0 Å². The van der Waals surface area contributed by atoms with Crippen molar-refractivity contribution in [2.24, 2.45) is 17.8 Å². The molecule has 0 radical (unpaired) electrons. The number of hydrogen-bond donors (Lipinski definition) is 1. The summed E-state index contributed by atoms with van der Waals surface area (Å²) in [6.07, 6.45) is 12.8. The van der Waals surface area contributed by atoms with E-state index in [4.69, 9.17) is 5.10 Å². The Bertz CT molecular complexity index is 550. The van der Waals surface area contributed by atoms with Crippen LogP contribution in [0.5, 0.6) is 0 Å². The fourth-order valence-corrected chi connectivity index (χ4v) is 6.62. The predicted octanol–water partition coefficient (Wildman–Crippen LogP) is 4.12. The molecular formula is C19H29N3. The summed E-state index contributed by atoms with van der Waals surface area (Å²) in [5, 5.41) is 8.89. The smallest absolute Gasteiger partial charge is 0.127 e. The molecule has 2 heterocycles. The zero-order valence-corrected chi connectivity index (χ0v) is 13.9. The summed E-state index contributed by atoms with van der Waals surface area (Å²) in [5.74, 6) is 4.39. The molecule has 5 aliphatic rings. The zero-order chi connectivity index (χ0) is 14.7. The summed E-state index contributed by atoms with van der Waals surface area (Å²) >= 11 is 0. The van der Waals surface area contributed by atoms with Crippen molar-refractivity contribution in [3.8, 4) is 0 Å². The highest BCUT2D eigenvalue weighted by Crippen LogP contribution is 2.61. The van der Waals surface area contributed by atoms with Crippen molar-refractivity contribution in [1.82, 2.24) is 9.78 Å². The van der Waals surface area contributed by atoms with Crippen molar-refractivity contribution >= 4 is 5.82 Å². The molecule has 4 saturated carbocycles. The van der Waals surface area contributed by atoms with E-state index in [9.17, 15) is 0 Å². The minimum absolute atomic E-state index is 0.450. The van der Waals surface area contributed by atoms with Crippen LogP contribution in [0.3, 0.4) is 0 Å². The van der Waals surface area contributed by atoms with Gasteiger partial charge >= 0.3 is 0 Å². The highest BCUT2D eigenvalue weighted by molar-refractivity contribution is 5.51. The number of anilines is 1. The minimum atomic E-state index is 0.450. The largest absolute Gasteiger partial charge is 0.370 e. The van der Waals surface area contributed by atoms with Crippen LogP contribution < -0.4 is 5.32 Å². The Labute approximate surface area is 133 Å². The summed E-state index contributed by atoms with van der Waals surface area (Å²) in [5.41, 5.74) is 3.57. The third-order valence-corrected chi connectivity index (χ3v) is 7.04. The van der Waals surface area contributed by atoms with E-state index in [1.54, 1.807) is 5.56 Å². The first-order valence-electron chi connectivity index (χ1n) is 9.61. The summed E-state index contributed by atoms with van der Waals surface area (Å²) in [6, 6.07) is 0. The van der Waals surface area contributed by atoms with Gasteiger partial charge in [0, 0.05) is 24.1 Å². The molecule has 0 aromatic carbocycles. The molecule has 0 atom stereocenters. The first-order valence-corrected chi connectivity index (χ1v) is 9.61. The van der Waals surface area contributed by atoms with E-state index >= 15 is 0 Å². The number of nitrogens with zero attached hydrogens (tertiary/aromatic N) is 2. The van der Waals surface area contributed by atoms with Crippen LogP contribution >= 0.6 is 0 Å². The second kappa shape index (κ2) is 4.75. The van der Waals surface area contributed by atoms with Crippen LogP contribution in [0.2, 0.25) is 0 Å². The van der Waals surface area contributed by atoms with Gasteiger partial charge in [0.2, 0.25) is 0 Å². The maximum Gasteiger partial charge on any atom is 0.127 e. The molecule has 22 heavy (non-hydrogen) atoms. The zero-order valence-electron chi connectivity index (χ0n) is 13.9. The number of nitrogens with one attached hydrogen (secondary N) is 1. The van der Waals surface area contributed by atoms with E-state index in [-0.39, 0.29) is 0 Å². The van der Waals surface area contributed by atoms with Gasteiger partial charge in [-0.3, -0.25) is 0 Å². The van der Waals surface area contributed by atoms with Gasteiger partial charge in [0.15, 0.2) is 0 Å². The SMILES string of the molecule is CCn1nc(C23CC4CC(CC(C4)C2)C3)c2c1NCCCC2. The molecule has 120 valence electrons. The van der Waals surface area contributed by atoms with Gasteiger partial charge in [0.25, 0.3) is 0 Å². The third-order valence-electron chi connectivity index (χ3n) is 7.04. The molecule has 1 aromatic rings. The third kappa shape index (κ3) is 1.83. The molecule has 4 bridgehead atoms. The van der Waals surface area contributed by atoms with Gasteiger partial charge in [-0.05, 0) is 82.5 Å². The molecular weight excluding hydrogens is 270 g/mol. The molecule has 3 nitrogen and oxygen atoms in total. The maximum atomic E-state index is 5.20. The van der Waals surface area contributed by atoms with E-state index < -0.39 is 0 Å². The van der Waals surface area contributed by atoms with Crippen LogP contribution in [0.15, 0.2) is 0 Å². The fourth-order valence-electron chi connectivity index (χ4n) is 6.62. The summed E-state index contributed by atoms with van der Waals surface area (Å²) in [7, 11) is 0. The first-order chi connectivity index (χ1) is 10.8. The number of rotatable bonds is 2. The fraction of sp³-hybridized carbons (Fsp3) is 0.842. The van der Waals surface area contributed by atoms with Gasteiger partial charge in [-0.15, -0.1) is 0 Å². The highest BCUT2D eigenvalue weighted by atomic mass is 15.3. The molecule has 0 unspecified atom stereocenters. The lowest BCUT2D eigenvalue weighted by Gasteiger charge is -2.56. The second-order valence-electron chi connectivity index (χ2n) is 8.57. The first kappa shape index (κ1) is 13.4. The molecule has 1 aliphatic heterocycles. The van der Waals surface area contributed by atoms with E-state index in [1.807, 2.05) is 0 Å². The molecule has 0 spiro atoms. The van der Waals surface area contributed by atoms with Crippen molar-refractivity contribution in [2.45, 2.75) is 76.7 Å². The number of hydrogen-bond acceptors (Lipinski definition) is 2. The van der Waals surface area contributed by atoms with Crippen LogP contribution in [0.1, 0.15) is 69.5 Å². The van der Waals surface area contributed by atoms with Gasteiger partial charge in [-0.25, -0.2) is 4.68 Å². The van der Waals surface area contributed by atoms with Gasteiger partial charge in [-0.2, -0.15) is 5.10 Å². The van der Waals surface area contributed by atoms with E-state index in [0.717, 1.165) is 30.8 Å². The van der Waals surface area contributed by atoms with Gasteiger partial charge in [0.1, 0.15) is 5.82 Å². The molecule has 4 aliphatic carbocycles. The number of aryl methyl sites for hydroxylation is 1. The molecule has 1 aromatic heterocycles. The van der Waals surface area contributed by atoms with Crippen LogP contribution in [0.25, 0.3) is 0 Å². The lowest BCUT2D eigenvalue weighted by atomic mass is 9.48. The topological polar surface area (TPSA) is 29.9 Å². The van der Waals surface area contributed by atoms with Gasteiger partial charge in [-0.1, -0.05) is 0 Å². The Kier molecular flexibility index (Phi) is 2.90. The normalized spacial score (nSPS) is 39.4. The molecule has 0 saturated heterocycles. The molecule has 4 fully saturated rings. The molecule has 0 amide bonds. The highest BCUT2D eigenvalue weighted by Gasteiger charge is 2.53. The summed E-state index contributed by atoms with van der Waals surface area (Å²) in [4.78, 5) is 0. The Morgan fingerprint density at radius 3 is 2.41 bits per heavy atom. The Balaban J connectivity index is 1.61. The summed E-state index contributed by atoms with van der Waals surface area (Å²) < 4.78 is 2.27. The predicted molar refractivity (Wildman–Crippen MR) is 89.2 cm³/mol. The number of fused-ring (bicyclic) bond motifs is 1. The Morgan fingerprint density at radius 2 is 1.77 bits per heavy atom. The lowest BCUT2D eigenvalue weighted by molar-refractivity contribution is -0.00785. The monoisotopic (exact) mass is 299 g/mol. The van der Waals surface area contributed by atoms with Gasteiger partial charge in [0.05, 0.1) is 5.69 Å². The standard InChI is InChI=1S/C19H29N3/c1-2-22-18-16(5-3-4-6-20-18)17(21-22)19-10-13-7-14(11-19)9-15(8-13)12-19/h13-15,20H,2-12H2,1H3. The van der Waals surface area contributed by atoms with E-state index in [0.29, 0.717) is 5.41 Å². The van der Waals surface area contributed by atoms with E-state index in [1.165, 1.54) is 69.3 Å². The lowest BCUT2D eigenvalue weighted by Crippen LogP contribution is -2.49. The maximum absolute atomic E-state index is 5.20. The number of aromatic nitrogens is 2. The Hall–Kier alpha value is -0.990. The molecule has 3 heteroatoms. The average Bonchev–Trinajstić information content (AvgIpc) is 2.68. The van der Waals surface area contributed by atoms with Crippen molar-refractivity contribution in [3.05, 3.63) is 11.3 Å². The van der Waals surface area contributed by atoms with Crippen molar-refractivity contribution < 1.29 is 0 Å². The van der Waals surface area contributed by atoms with Crippen LogP contribution in [-0.4, -0.2) is 16.3 Å². The Morgan fingerprint density at radius 1 is 1.09 bits per heavy atom. The van der Waals surface area contributed by atoms with E-state index in [2.05, 4.69) is 16.9 Å². The van der Waals surface area contributed by atoms with Crippen LogP contribution in [0.4, 0.5) is 5.82 Å². The van der Waals surface area contributed by atoms with Crippen LogP contribution in [-0.2, 0) is 18.4 Å². The second-order valence-corrected chi connectivity index (χ2v) is 8.57. The summed E-state index contributed by atoms with van der Waals surface area (Å²) in [6.45, 7) is 4.37. The minimum Gasteiger partial charge on any atom is -0.370 e. The molecule has 1 N–H and O–H groups in total. The molecule has 6 rings (SSSR count). The quantitative estimate of drug-likeness (QED) is 0.890.